The van der Waals surface area contributed by atoms with E-state index in [2.05, 4.69) is -1.95 Å². The molecule has 0 aromatic carbocycles. The van der Waals surface area contributed by atoms with Gasteiger partial charge < -0.3 is 0 Å². The Bertz CT molecular complexity index is 86.6. The Kier molecular flexibility index (Phi) is 26.4. The summed E-state index contributed by atoms with van der Waals surface area (Å²) in [5.74, 6) is 0. The van der Waals surface area contributed by atoms with E-state index < -0.39 is 88.9 Å². The van der Waals surface area contributed by atoms with Crippen LogP contribution in [0.25, 0.3) is 0 Å². The zero-order chi connectivity index (χ0) is 6.83. The van der Waals surface area contributed by atoms with Crippen LogP contribution in [0, 0.1) is 69.8 Å². The van der Waals surface area contributed by atoms with Gasteiger partial charge >= 0.3 is 96.4 Å². The summed E-state index contributed by atoms with van der Waals surface area (Å²) in [5.41, 5.74) is 0. The topological polar surface area (TPSA) is 77.5 Å². The van der Waals surface area contributed by atoms with Crippen molar-refractivity contribution < 1.29 is 96.4 Å². The number of hydrogen-bond acceptors (Lipinski definition) is 5. The number of hydrogen-bond donors (Lipinski definition) is 0. The summed E-state index contributed by atoms with van der Waals surface area (Å²) in [6.45, 7) is 0. The van der Waals surface area contributed by atoms with E-state index in [1.54, 1.807) is 0 Å². The Labute approximate surface area is 93.7 Å². The molecule has 8 heteroatoms. The second-order valence-corrected chi connectivity index (χ2v) is 3.37. The summed E-state index contributed by atoms with van der Waals surface area (Å²) in [7, 11) is 0. The molecule has 0 bridgehead atoms. The van der Waals surface area contributed by atoms with Gasteiger partial charge in [-0.25, -0.2) is 0 Å². The molecular formula is Dy2O5Ti. The summed E-state index contributed by atoms with van der Waals surface area (Å²) in [6.07, 6.45) is 0. The fourth-order valence-corrected chi connectivity index (χ4v) is 0.374. The molecule has 0 aromatic rings. The molecule has 0 rings (SSSR count). The molecular weight excluding hydrogens is 453 g/mol. The first-order chi connectivity index (χ1) is 3.83. The van der Waals surface area contributed by atoms with Gasteiger partial charge in [-0.1, -0.05) is 0 Å². The van der Waals surface area contributed by atoms with E-state index in [4.69, 9.17) is 6.65 Å². The molecule has 5 nitrogen and oxygen atoms in total. The van der Waals surface area contributed by atoms with Crippen molar-refractivity contribution in [1.82, 2.24) is 0 Å². The molecule has 54 valence electrons. The molecule has 0 saturated carbocycles. The van der Waals surface area contributed by atoms with Crippen LogP contribution in [0.2, 0.25) is 0 Å². The van der Waals surface area contributed by atoms with Gasteiger partial charge in [0.05, 0.1) is 0 Å². The Balaban J connectivity index is 0. The SMILES string of the molecule is [O]=[Dy][O][Dy]=[O].[O]=[Ti]=[O]. The summed E-state index contributed by atoms with van der Waals surface area (Å²) >= 11 is -4.83. The van der Waals surface area contributed by atoms with Crippen molar-refractivity contribution in [3.05, 3.63) is 0 Å². The normalized spacial score (nSPS) is 7.00. The van der Waals surface area contributed by atoms with Crippen molar-refractivity contribution in [1.29, 1.82) is 0 Å². The first kappa shape index (κ1) is 13.0. The third-order valence-corrected chi connectivity index (χ3v) is 1.83. The molecule has 0 aliphatic heterocycles. The minimum absolute atomic E-state index is 1.41. The quantitative estimate of drug-likeness (QED) is 0.526. The van der Waals surface area contributed by atoms with Crippen LogP contribution in [-0.2, 0) is 26.5 Å². The summed E-state index contributed by atoms with van der Waals surface area (Å²) in [5, 5.41) is 0. The molecule has 0 radical (unpaired) electrons. The second kappa shape index (κ2) is 16.2. The fraction of sp³-hybridized carbons (Fsp3) is 0. The van der Waals surface area contributed by atoms with E-state index in [1.165, 1.54) is 0 Å². The molecule has 0 amide bonds. The maximum absolute atomic E-state index is 9.25. The van der Waals surface area contributed by atoms with Crippen LogP contribution >= 0.6 is 0 Å². The Morgan fingerprint density at radius 3 is 1.38 bits per heavy atom. The summed E-state index contributed by atoms with van der Waals surface area (Å²) in [6, 6.07) is 0. The molecule has 8 heavy (non-hydrogen) atoms. The predicted molar refractivity (Wildman–Crippen MR) is 3.83 cm³/mol. The average molecular weight is 453 g/mol. The molecule has 0 fully saturated rings. The molecule has 0 atom stereocenters. The molecule has 0 aliphatic carbocycles. The summed E-state index contributed by atoms with van der Waals surface area (Å²) < 4.78 is 39.4. The van der Waals surface area contributed by atoms with E-state index in [-0.39, 0.29) is 0 Å². The molecule has 0 N–H and O–H groups in total. The van der Waals surface area contributed by atoms with Crippen LogP contribution in [0.15, 0.2) is 0 Å². The Morgan fingerprint density at radius 1 is 1.12 bits per heavy atom. The van der Waals surface area contributed by atoms with Crippen LogP contribution in [0.3, 0.4) is 0 Å². The third kappa shape index (κ3) is 23.7. The van der Waals surface area contributed by atoms with Gasteiger partial charge in [0.2, 0.25) is 0 Å². The molecule has 0 heterocycles. The van der Waals surface area contributed by atoms with Gasteiger partial charge in [0.15, 0.2) is 0 Å². The van der Waals surface area contributed by atoms with E-state index in [9.17, 15) is 2.76 Å². The average Bonchev–Trinajstić information content (AvgIpc) is 1.71. The van der Waals surface area contributed by atoms with Crippen molar-refractivity contribution >= 4 is 0 Å². The number of rotatable bonds is 2. The molecule has 0 unspecified atom stereocenters. The van der Waals surface area contributed by atoms with Crippen LogP contribution in [0.4, 0.5) is 0 Å². The molecule has 0 aromatic heterocycles. The monoisotopic (exact) mass is 456 g/mol. The third-order valence-electron chi connectivity index (χ3n) is 0.0333. The van der Waals surface area contributed by atoms with Gasteiger partial charge in [-0.05, 0) is 0 Å². The van der Waals surface area contributed by atoms with Gasteiger partial charge in [-0.3, -0.25) is 0 Å². The van der Waals surface area contributed by atoms with Crippen molar-refractivity contribution in [2.24, 2.45) is 0 Å². The van der Waals surface area contributed by atoms with Gasteiger partial charge in [0.25, 0.3) is 0 Å². The van der Waals surface area contributed by atoms with E-state index in [1.807, 2.05) is 0 Å². The first-order valence-corrected chi connectivity index (χ1v) is 5.51. The van der Waals surface area contributed by atoms with Crippen LogP contribution in [0.5, 0.6) is 0 Å². The van der Waals surface area contributed by atoms with Gasteiger partial charge in [-0.15, -0.1) is 0 Å². The van der Waals surface area contributed by atoms with E-state index >= 15 is 0 Å². The van der Waals surface area contributed by atoms with E-state index in [0.717, 1.165) is 0 Å². The standard InChI is InChI=1S/2Dy.5O.Ti. The Hall–Kier alpha value is 2.42. The molecule has 0 saturated heterocycles. The van der Waals surface area contributed by atoms with Crippen LogP contribution in [0.1, 0.15) is 0 Å². The predicted octanol–water partition coefficient (Wildman–Crippen LogP) is -0.546. The first-order valence-electron chi connectivity index (χ1n) is 0.925. The van der Waals surface area contributed by atoms with E-state index in [0.29, 0.717) is 0 Å². The molecule has 0 spiro atoms. The van der Waals surface area contributed by atoms with Gasteiger partial charge in [-0.2, -0.15) is 0 Å². The van der Waals surface area contributed by atoms with Crippen molar-refractivity contribution in [3.63, 3.8) is 0 Å². The Morgan fingerprint density at radius 2 is 1.38 bits per heavy atom. The van der Waals surface area contributed by atoms with Crippen molar-refractivity contribution in [2.45, 2.75) is 0 Å². The van der Waals surface area contributed by atoms with Crippen molar-refractivity contribution in [3.8, 4) is 0 Å². The minimum atomic E-state index is -2.00. The van der Waals surface area contributed by atoms with Gasteiger partial charge in [0, 0.05) is 0 Å². The fourth-order valence-electron chi connectivity index (χ4n) is 0.00680. The second-order valence-electron chi connectivity index (χ2n) is 0.230. The maximum atomic E-state index is 9.25. The van der Waals surface area contributed by atoms with Gasteiger partial charge in [0.1, 0.15) is 0 Å². The van der Waals surface area contributed by atoms with Crippen molar-refractivity contribution in [2.75, 3.05) is 0 Å². The van der Waals surface area contributed by atoms with Crippen LogP contribution in [-0.4, -0.2) is 0 Å². The summed E-state index contributed by atoms with van der Waals surface area (Å²) in [4.78, 5) is 0. The molecule has 0 aliphatic rings. The zero-order valence-electron chi connectivity index (χ0n) is 3.17. The zero-order valence-corrected chi connectivity index (χ0v) is 8.79. The van der Waals surface area contributed by atoms with Crippen LogP contribution < -0.4 is 0 Å².